The number of aromatic nitrogens is 4. The summed E-state index contributed by atoms with van der Waals surface area (Å²) in [4.78, 5) is 14.7. The average molecular weight is 190 g/mol. The van der Waals surface area contributed by atoms with Crippen molar-refractivity contribution in [2.75, 3.05) is 0 Å². The number of carbonyl (C=O) groups is 1. The van der Waals surface area contributed by atoms with Crippen LogP contribution >= 0.6 is 0 Å². The van der Waals surface area contributed by atoms with Crippen LogP contribution < -0.4 is 0 Å². The summed E-state index contributed by atoms with van der Waals surface area (Å²) in [6.07, 6.45) is 4.50. The van der Waals surface area contributed by atoms with Crippen LogP contribution in [0.2, 0.25) is 0 Å². The lowest BCUT2D eigenvalue weighted by molar-refractivity contribution is 0.0696. The summed E-state index contributed by atoms with van der Waals surface area (Å²) in [5.41, 5.74) is 0.0954. The zero-order chi connectivity index (χ0) is 9.97. The molecule has 0 saturated carbocycles. The molecule has 2 heterocycles. The largest absolute Gasteiger partial charge is 0.478 e. The molecule has 6 nitrogen and oxygen atoms in total. The molecule has 0 radical (unpaired) electrons. The van der Waals surface area contributed by atoms with E-state index in [4.69, 9.17) is 5.11 Å². The summed E-state index contributed by atoms with van der Waals surface area (Å²) in [7, 11) is 0. The lowest BCUT2D eigenvalue weighted by Crippen LogP contribution is -2.07. The maximum atomic E-state index is 10.8. The summed E-state index contributed by atoms with van der Waals surface area (Å²) in [5.74, 6) is -0.777. The molecule has 0 aliphatic heterocycles. The molecule has 0 saturated heterocycles. The Morgan fingerprint density at radius 3 is 2.93 bits per heavy atom. The van der Waals surface area contributed by atoms with Gasteiger partial charge in [-0.15, -0.1) is 5.10 Å². The normalized spacial score (nSPS) is 10.0. The van der Waals surface area contributed by atoms with Gasteiger partial charge in [0, 0.05) is 6.20 Å². The van der Waals surface area contributed by atoms with E-state index < -0.39 is 5.97 Å². The van der Waals surface area contributed by atoms with Crippen molar-refractivity contribution in [3.63, 3.8) is 0 Å². The van der Waals surface area contributed by atoms with Crippen molar-refractivity contribution in [3.8, 4) is 5.82 Å². The predicted molar refractivity (Wildman–Crippen MR) is 46.1 cm³/mol. The monoisotopic (exact) mass is 190 g/mol. The second-order valence-electron chi connectivity index (χ2n) is 2.53. The Bertz CT molecular complexity index is 452. The number of pyridine rings is 1. The molecule has 6 heteroatoms. The van der Waals surface area contributed by atoms with Crippen molar-refractivity contribution in [1.82, 2.24) is 20.0 Å². The molecular weight excluding hydrogens is 184 g/mol. The van der Waals surface area contributed by atoms with Crippen molar-refractivity contribution in [1.29, 1.82) is 0 Å². The molecule has 0 aliphatic carbocycles. The quantitative estimate of drug-likeness (QED) is 0.739. The maximum absolute atomic E-state index is 10.8. The van der Waals surface area contributed by atoms with Crippen LogP contribution in [0.15, 0.2) is 30.7 Å². The summed E-state index contributed by atoms with van der Waals surface area (Å²) in [5, 5.41) is 16.1. The van der Waals surface area contributed by atoms with E-state index >= 15 is 0 Å². The zero-order valence-electron chi connectivity index (χ0n) is 7.03. The van der Waals surface area contributed by atoms with Gasteiger partial charge in [0.05, 0.1) is 12.4 Å². The zero-order valence-corrected chi connectivity index (χ0v) is 7.03. The molecule has 2 aromatic heterocycles. The molecular formula is C8H6N4O2. The molecule has 0 bridgehead atoms. The Morgan fingerprint density at radius 1 is 1.43 bits per heavy atom. The van der Waals surface area contributed by atoms with Crippen molar-refractivity contribution in [2.24, 2.45) is 0 Å². The van der Waals surface area contributed by atoms with Crippen LogP contribution in [0.4, 0.5) is 0 Å². The SMILES string of the molecule is O=C(O)c1cccnc1-n1ccnn1. The molecule has 70 valence electrons. The van der Waals surface area contributed by atoms with Crippen LogP contribution in [0.5, 0.6) is 0 Å². The molecule has 14 heavy (non-hydrogen) atoms. The first-order chi connectivity index (χ1) is 6.79. The molecule has 0 spiro atoms. The highest BCUT2D eigenvalue weighted by Crippen LogP contribution is 2.08. The fourth-order valence-electron chi connectivity index (χ4n) is 1.07. The number of hydrogen-bond donors (Lipinski definition) is 1. The van der Waals surface area contributed by atoms with Crippen LogP contribution in [-0.2, 0) is 0 Å². The van der Waals surface area contributed by atoms with Gasteiger partial charge in [0.25, 0.3) is 0 Å². The number of hydrogen-bond acceptors (Lipinski definition) is 4. The summed E-state index contributed by atoms with van der Waals surface area (Å²) in [6, 6.07) is 3.02. The highest BCUT2D eigenvalue weighted by molar-refractivity contribution is 5.90. The third-order valence-electron chi connectivity index (χ3n) is 1.66. The Morgan fingerprint density at radius 2 is 2.29 bits per heavy atom. The van der Waals surface area contributed by atoms with E-state index in [-0.39, 0.29) is 11.4 Å². The van der Waals surface area contributed by atoms with Crippen LogP contribution in [-0.4, -0.2) is 31.1 Å². The van der Waals surface area contributed by atoms with Gasteiger partial charge in [0.1, 0.15) is 5.56 Å². The highest BCUT2D eigenvalue weighted by atomic mass is 16.4. The first kappa shape index (κ1) is 8.36. The van der Waals surface area contributed by atoms with Gasteiger partial charge in [-0.05, 0) is 12.1 Å². The molecule has 2 aromatic rings. The van der Waals surface area contributed by atoms with Crippen molar-refractivity contribution < 1.29 is 9.90 Å². The van der Waals surface area contributed by atoms with E-state index in [1.54, 1.807) is 6.07 Å². The Labute approximate surface area is 78.8 Å². The number of carboxylic acid groups (broad SMARTS) is 1. The van der Waals surface area contributed by atoms with Crippen LogP contribution in [0.25, 0.3) is 5.82 Å². The first-order valence-electron chi connectivity index (χ1n) is 3.84. The number of rotatable bonds is 2. The predicted octanol–water partition coefficient (Wildman–Crippen LogP) is 0.360. The van der Waals surface area contributed by atoms with Crippen LogP contribution in [0, 0.1) is 0 Å². The number of nitrogens with zero attached hydrogens (tertiary/aromatic N) is 4. The second-order valence-corrected chi connectivity index (χ2v) is 2.53. The molecule has 1 N–H and O–H groups in total. The first-order valence-corrected chi connectivity index (χ1v) is 3.84. The van der Waals surface area contributed by atoms with E-state index in [2.05, 4.69) is 15.3 Å². The van der Waals surface area contributed by atoms with Crippen molar-refractivity contribution >= 4 is 5.97 Å². The van der Waals surface area contributed by atoms with Crippen molar-refractivity contribution in [3.05, 3.63) is 36.3 Å². The van der Waals surface area contributed by atoms with E-state index in [1.807, 2.05) is 0 Å². The maximum Gasteiger partial charge on any atom is 0.339 e. The van der Waals surface area contributed by atoms with Gasteiger partial charge in [-0.25, -0.2) is 14.5 Å². The van der Waals surface area contributed by atoms with E-state index in [9.17, 15) is 4.79 Å². The molecule has 0 fully saturated rings. The van der Waals surface area contributed by atoms with Gasteiger partial charge in [-0.2, -0.15) is 0 Å². The standard InChI is InChI=1S/C8H6N4O2/c13-8(14)6-2-1-3-9-7(6)12-5-4-10-11-12/h1-5H,(H,13,14). The summed E-state index contributed by atoms with van der Waals surface area (Å²) < 4.78 is 1.31. The molecule has 0 unspecified atom stereocenters. The minimum absolute atomic E-state index is 0.0954. The third-order valence-corrected chi connectivity index (χ3v) is 1.66. The average Bonchev–Trinajstić information content (AvgIpc) is 2.70. The second kappa shape index (κ2) is 3.25. The van der Waals surface area contributed by atoms with Crippen LogP contribution in [0.3, 0.4) is 0 Å². The lowest BCUT2D eigenvalue weighted by atomic mass is 10.2. The van der Waals surface area contributed by atoms with Gasteiger partial charge in [0.2, 0.25) is 0 Å². The molecule has 0 atom stereocenters. The van der Waals surface area contributed by atoms with Gasteiger partial charge >= 0.3 is 5.97 Å². The van der Waals surface area contributed by atoms with E-state index in [0.29, 0.717) is 0 Å². The van der Waals surface area contributed by atoms with Gasteiger partial charge in [-0.3, -0.25) is 0 Å². The topological polar surface area (TPSA) is 80.9 Å². The fourth-order valence-corrected chi connectivity index (χ4v) is 1.07. The molecule has 0 aliphatic rings. The summed E-state index contributed by atoms with van der Waals surface area (Å²) >= 11 is 0. The van der Waals surface area contributed by atoms with E-state index in [0.717, 1.165) is 0 Å². The highest BCUT2D eigenvalue weighted by Gasteiger charge is 2.11. The van der Waals surface area contributed by atoms with Crippen molar-refractivity contribution in [2.45, 2.75) is 0 Å². The van der Waals surface area contributed by atoms with Gasteiger partial charge in [0.15, 0.2) is 5.82 Å². The number of aromatic carboxylic acids is 1. The Kier molecular flexibility index (Phi) is 1.94. The lowest BCUT2D eigenvalue weighted by Gasteiger charge is -2.02. The Hall–Kier alpha value is -2.24. The molecule has 0 aromatic carbocycles. The minimum atomic E-state index is -1.04. The third kappa shape index (κ3) is 1.33. The molecule has 0 amide bonds. The van der Waals surface area contributed by atoms with E-state index in [1.165, 1.54) is 29.3 Å². The summed E-state index contributed by atoms with van der Waals surface area (Å²) in [6.45, 7) is 0. The van der Waals surface area contributed by atoms with Crippen LogP contribution in [0.1, 0.15) is 10.4 Å². The van der Waals surface area contributed by atoms with Gasteiger partial charge in [-0.1, -0.05) is 5.21 Å². The van der Waals surface area contributed by atoms with Gasteiger partial charge < -0.3 is 5.11 Å². The Balaban J connectivity index is 2.58. The fraction of sp³-hybridized carbons (Fsp3) is 0. The molecule has 2 rings (SSSR count). The number of carboxylic acids is 1. The minimum Gasteiger partial charge on any atom is -0.478 e. The smallest absolute Gasteiger partial charge is 0.339 e.